The third kappa shape index (κ3) is 4.28. The fourth-order valence-electron chi connectivity index (χ4n) is 3.09. The SMILES string of the molecule is CC[NH+](CC)CCN(C(=O)c1ccccc1)c1nc2c(OC)cccc2s1. The molecule has 0 atom stereocenters. The largest absolute Gasteiger partial charge is 0.494 e. The predicted molar refractivity (Wildman–Crippen MR) is 111 cm³/mol. The maximum absolute atomic E-state index is 13.2. The Kier molecular flexibility index (Phi) is 6.42. The van der Waals surface area contributed by atoms with Crippen LogP contribution in [0.15, 0.2) is 48.5 Å². The highest BCUT2D eigenvalue weighted by molar-refractivity contribution is 7.22. The van der Waals surface area contributed by atoms with E-state index in [1.54, 1.807) is 7.11 Å². The quantitative estimate of drug-likeness (QED) is 0.650. The summed E-state index contributed by atoms with van der Waals surface area (Å²) in [5.74, 6) is 0.719. The maximum atomic E-state index is 13.2. The number of ether oxygens (including phenoxy) is 1. The zero-order chi connectivity index (χ0) is 19.2. The topological polar surface area (TPSA) is 46.9 Å². The number of methoxy groups -OCH3 is 1. The minimum Gasteiger partial charge on any atom is -0.494 e. The van der Waals surface area contributed by atoms with Crippen molar-refractivity contribution in [1.82, 2.24) is 4.98 Å². The van der Waals surface area contributed by atoms with Gasteiger partial charge in [0.1, 0.15) is 11.3 Å². The van der Waals surface area contributed by atoms with E-state index in [1.165, 1.54) is 16.2 Å². The number of carbonyl (C=O) groups excluding carboxylic acids is 1. The molecule has 0 aliphatic carbocycles. The van der Waals surface area contributed by atoms with Gasteiger partial charge >= 0.3 is 0 Å². The molecular weight excluding hydrogens is 358 g/mol. The fraction of sp³-hybridized carbons (Fsp3) is 0.333. The molecule has 0 aliphatic rings. The lowest BCUT2D eigenvalue weighted by atomic mass is 10.2. The van der Waals surface area contributed by atoms with Crippen molar-refractivity contribution in [1.29, 1.82) is 0 Å². The van der Waals surface area contributed by atoms with E-state index in [0.717, 1.165) is 40.7 Å². The van der Waals surface area contributed by atoms with Gasteiger partial charge in [-0.3, -0.25) is 9.69 Å². The van der Waals surface area contributed by atoms with Crippen molar-refractivity contribution in [3.05, 3.63) is 54.1 Å². The number of para-hydroxylation sites is 1. The number of nitrogens with one attached hydrogen (secondary N) is 1. The number of benzene rings is 2. The van der Waals surface area contributed by atoms with E-state index in [9.17, 15) is 4.79 Å². The minimum atomic E-state index is -0.0137. The van der Waals surface area contributed by atoms with Crippen LogP contribution in [0.25, 0.3) is 10.2 Å². The monoisotopic (exact) mass is 384 g/mol. The molecule has 5 nitrogen and oxygen atoms in total. The number of likely N-dealkylation sites (N-methyl/N-ethyl adjacent to an activating group) is 1. The van der Waals surface area contributed by atoms with Gasteiger partial charge in [0.05, 0.1) is 38.0 Å². The molecule has 0 radical (unpaired) electrons. The molecule has 27 heavy (non-hydrogen) atoms. The number of nitrogens with zero attached hydrogens (tertiary/aromatic N) is 2. The summed E-state index contributed by atoms with van der Waals surface area (Å²) in [5, 5.41) is 0.718. The van der Waals surface area contributed by atoms with Gasteiger partial charge in [0.15, 0.2) is 5.13 Å². The van der Waals surface area contributed by atoms with Crippen LogP contribution in [-0.4, -0.2) is 44.2 Å². The van der Waals surface area contributed by atoms with Crippen molar-refractivity contribution in [2.24, 2.45) is 0 Å². The van der Waals surface area contributed by atoms with Gasteiger partial charge < -0.3 is 9.64 Å². The standard InChI is InChI=1S/C21H25N3O2S/c1-4-23(5-2)14-15-24(20(25)16-10-7-6-8-11-16)21-22-19-17(26-3)12-9-13-18(19)27-21/h6-13H,4-5,14-15H2,1-3H3/p+1. The predicted octanol–water partition coefficient (Wildman–Crippen LogP) is 2.88. The Morgan fingerprint density at radius 3 is 2.52 bits per heavy atom. The van der Waals surface area contributed by atoms with Gasteiger partial charge in [-0.2, -0.15) is 0 Å². The molecule has 142 valence electrons. The highest BCUT2D eigenvalue weighted by atomic mass is 32.1. The Bertz CT molecular complexity index is 891. The lowest BCUT2D eigenvalue weighted by Crippen LogP contribution is -3.12. The molecule has 0 bridgehead atoms. The first kappa shape index (κ1) is 19.3. The second kappa shape index (κ2) is 8.97. The number of carbonyl (C=O) groups is 1. The van der Waals surface area contributed by atoms with E-state index >= 15 is 0 Å². The van der Waals surface area contributed by atoms with Gasteiger partial charge in [-0.1, -0.05) is 35.6 Å². The van der Waals surface area contributed by atoms with Crippen molar-refractivity contribution in [2.75, 3.05) is 38.2 Å². The molecule has 0 saturated carbocycles. The number of hydrogen-bond acceptors (Lipinski definition) is 4. The Morgan fingerprint density at radius 2 is 1.85 bits per heavy atom. The van der Waals surface area contributed by atoms with Crippen molar-refractivity contribution in [3.63, 3.8) is 0 Å². The van der Waals surface area contributed by atoms with Crippen molar-refractivity contribution in [3.8, 4) is 5.75 Å². The van der Waals surface area contributed by atoms with Crippen LogP contribution in [0.1, 0.15) is 24.2 Å². The molecule has 1 aromatic heterocycles. The number of rotatable bonds is 8. The smallest absolute Gasteiger partial charge is 0.260 e. The summed E-state index contributed by atoms with van der Waals surface area (Å²) >= 11 is 1.53. The zero-order valence-corrected chi connectivity index (χ0v) is 16.9. The molecule has 1 amide bonds. The molecule has 0 saturated heterocycles. The second-order valence-electron chi connectivity index (χ2n) is 6.33. The Hall–Kier alpha value is -2.44. The molecule has 3 aromatic rings. The number of aromatic nitrogens is 1. The van der Waals surface area contributed by atoms with Crippen LogP contribution in [0, 0.1) is 0 Å². The molecular formula is C21H26N3O2S+. The summed E-state index contributed by atoms with van der Waals surface area (Å²) in [7, 11) is 1.64. The summed E-state index contributed by atoms with van der Waals surface area (Å²) in [6, 6.07) is 15.3. The number of anilines is 1. The van der Waals surface area contributed by atoms with Crippen LogP contribution in [0.5, 0.6) is 5.75 Å². The first-order valence-corrected chi connectivity index (χ1v) is 10.1. The summed E-state index contributed by atoms with van der Waals surface area (Å²) < 4.78 is 6.45. The van der Waals surface area contributed by atoms with Crippen molar-refractivity contribution >= 4 is 32.6 Å². The summed E-state index contributed by atoms with van der Waals surface area (Å²) in [6.07, 6.45) is 0. The summed E-state index contributed by atoms with van der Waals surface area (Å²) in [6.45, 7) is 7.94. The molecule has 1 N–H and O–H groups in total. The number of quaternary nitrogens is 1. The maximum Gasteiger partial charge on any atom is 0.260 e. The Morgan fingerprint density at radius 1 is 1.11 bits per heavy atom. The highest BCUT2D eigenvalue weighted by Crippen LogP contribution is 2.34. The van der Waals surface area contributed by atoms with Gasteiger partial charge in [0, 0.05) is 5.56 Å². The molecule has 1 heterocycles. The fourth-order valence-corrected chi connectivity index (χ4v) is 4.09. The lowest BCUT2D eigenvalue weighted by molar-refractivity contribution is -0.894. The summed E-state index contributed by atoms with van der Waals surface area (Å²) in [4.78, 5) is 21.2. The molecule has 6 heteroatoms. The minimum absolute atomic E-state index is 0.0137. The van der Waals surface area contributed by atoms with Gasteiger partial charge in [0.25, 0.3) is 5.91 Å². The van der Waals surface area contributed by atoms with E-state index in [0.29, 0.717) is 12.1 Å². The third-order valence-corrected chi connectivity index (χ3v) is 5.82. The highest BCUT2D eigenvalue weighted by Gasteiger charge is 2.23. The van der Waals surface area contributed by atoms with Gasteiger partial charge in [0.2, 0.25) is 0 Å². The van der Waals surface area contributed by atoms with Crippen LogP contribution in [-0.2, 0) is 0 Å². The van der Waals surface area contributed by atoms with Crippen molar-refractivity contribution < 1.29 is 14.4 Å². The van der Waals surface area contributed by atoms with Gasteiger partial charge in [-0.05, 0) is 38.1 Å². The van der Waals surface area contributed by atoms with E-state index in [1.807, 2.05) is 53.4 Å². The van der Waals surface area contributed by atoms with Crippen LogP contribution >= 0.6 is 11.3 Å². The molecule has 0 fully saturated rings. The average Bonchev–Trinajstić information content (AvgIpc) is 3.15. The first-order valence-electron chi connectivity index (χ1n) is 9.31. The normalized spacial score (nSPS) is 11.1. The number of thiazole rings is 1. The Labute approximate surface area is 164 Å². The number of hydrogen-bond donors (Lipinski definition) is 1. The van der Waals surface area contributed by atoms with Gasteiger partial charge in [-0.15, -0.1) is 0 Å². The van der Waals surface area contributed by atoms with E-state index in [4.69, 9.17) is 9.72 Å². The average molecular weight is 385 g/mol. The zero-order valence-electron chi connectivity index (χ0n) is 16.1. The van der Waals surface area contributed by atoms with Crippen molar-refractivity contribution in [2.45, 2.75) is 13.8 Å². The molecule has 2 aromatic carbocycles. The molecule has 0 unspecified atom stereocenters. The molecule has 3 rings (SSSR count). The van der Waals surface area contributed by atoms with Crippen LogP contribution in [0.3, 0.4) is 0 Å². The van der Waals surface area contributed by atoms with E-state index in [-0.39, 0.29) is 5.91 Å². The molecule has 0 spiro atoms. The first-order chi connectivity index (χ1) is 13.2. The van der Waals surface area contributed by atoms with Crippen LogP contribution in [0.4, 0.5) is 5.13 Å². The lowest BCUT2D eigenvalue weighted by Gasteiger charge is -2.23. The van der Waals surface area contributed by atoms with E-state index < -0.39 is 0 Å². The van der Waals surface area contributed by atoms with Crippen LogP contribution in [0.2, 0.25) is 0 Å². The summed E-state index contributed by atoms with van der Waals surface area (Å²) in [5.41, 5.74) is 1.49. The number of amides is 1. The third-order valence-electron chi connectivity index (χ3n) is 4.78. The van der Waals surface area contributed by atoms with Gasteiger partial charge in [-0.25, -0.2) is 4.98 Å². The Balaban J connectivity index is 1.97. The second-order valence-corrected chi connectivity index (χ2v) is 7.34. The van der Waals surface area contributed by atoms with Crippen LogP contribution < -0.4 is 14.5 Å². The molecule has 0 aliphatic heterocycles. The number of fused-ring (bicyclic) bond motifs is 1. The van der Waals surface area contributed by atoms with E-state index in [2.05, 4.69) is 13.8 Å².